The van der Waals surface area contributed by atoms with Crippen LogP contribution in [0.5, 0.6) is 5.75 Å². The van der Waals surface area contributed by atoms with Gasteiger partial charge in [-0.05, 0) is 56.3 Å². The lowest BCUT2D eigenvalue weighted by Crippen LogP contribution is -2.12. The Hall–Kier alpha value is -4.47. The Bertz CT molecular complexity index is 1210. The summed E-state index contributed by atoms with van der Waals surface area (Å²) in [5.74, 6) is -2.62. The monoisotopic (exact) mass is 466 g/mol. The molecule has 3 rings (SSSR count). The van der Waals surface area contributed by atoms with Crippen LogP contribution in [0.3, 0.4) is 0 Å². The smallest absolute Gasteiger partial charge is 0.343 e. The van der Waals surface area contributed by atoms with Gasteiger partial charge in [-0.3, -0.25) is 0 Å². The molecular formula is C24H22N2O8. The lowest BCUT2D eigenvalue weighted by Gasteiger charge is -2.10. The molecular weight excluding hydrogens is 444 g/mol. The molecule has 1 aromatic heterocycles. The maximum Gasteiger partial charge on any atom is 0.343 e. The van der Waals surface area contributed by atoms with Gasteiger partial charge in [-0.15, -0.1) is 0 Å². The Morgan fingerprint density at radius 2 is 1.41 bits per heavy atom. The highest BCUT2D eigenvalue weighted by Gasteiger charge is 2.18. The van der Waals surface area contributed by atoms with Crippen molar-refractivity contribution in [3.63, 3.8) is 0 Å². The van der Waals surface area contributed by atoms with E-state index in [0.717, 1.165) is 0 Å². The number of hydrogen-bond acceptors (Lipinski definition) is 9. The van der Waals surface area contributed by atoms with Crippen molar-refractivity contribution < 1.29 is 38.1 Å². The predicted octanol–water partition coefficient (Wildman–Crippen LogP) is 3.15. The van der Waals surface area contributed by atoms with Crippen LogP contribution in [-0.4, -0.2) is 54.5 Å². The number of benzene rings is 2. The summed E-state index contributed by atoms with van der Waals surface area (Å²) in [6, 6.07) is 10.2. The Morgan fingerprint density at radius 1 is 0.824 bits per heavy atom. The summed E-state index contributed by atoms with van der Waals surface area (Å²) in [4.78, 5) is 48.5. The summed E-state index contributed by atoms with van der Waals surface area (Å²) in [5, 5.41) is 4.21. The molecule has 0 N–H and O–H groups in total. The highest BCUT2D eigenvalue weighted by Crippen LogP contribution is 2.21. The second-order valence-corrected chi connectivity index (χ2v) is 6.94. The van der Waals surface area contributed by atoms with Gasteiger partial charge in [0, 0.05) is 0 Å². The van der Waals surface area contributed by atoms with Crippen molar-refractivity contribution in [3.05, 3.63) is 76.6 Å². The molecule has 0 bridgehead atoms. The SMILES string of the molecule is CCOC(=O)c1cnn(-c2ccc(C(=O)Oc3cc(C(=O)OC)cc(C(=O)OC)c3)cc2)c1C. The van der Waals surface area contributed by atoms with E-state index in [1.165, 1.54) is 50.7 Å². The minimum atomic E-state index is -0.714. The third-order valence-corrected chi connectivity index (χ3v) is 4.81. The Labute approximate surface area is 195 Å². The number of carbonyl (C=O) groups excluding carboxylic acids is 4. The molecule has 0 aliphatic rings. The van der Waals surface area contributed by atoms with E-state index in [2.05, 4.69) is 14.6 Å². The summed E-state index contributed by atoms with van der Waals surface area (Å²) in [7, 11) is 2.38. The molecule has 1 heterocycles. The van der Waals surface area contributed by atoms with E-state index >= 15 is 0 Å². The first-order chi connectivity index (χ1) is 16.3. The normalized spacial score (nSPS) is 10.4. The highest BCUT2D eigenvalue weighted by molar-refractivity contribution is 5.97. The molecule has 0 aliphatic carbocycles. The number of carbonyl (C=O) groups is 4. The molecule has 0 amide bonds. The molecule has 176 valence electrons. The summed E-state index contributed by atoms with van der Waals surface area (Å²) in [6.07, 6.45) is 1.42. The number of esters is 4. The van der Waals surface area contributed by atoms with Crippen molar-refractivity contribution in [2.24, 2.45) is 0 Å². The molecule has 34 heavy (non-hydrogen) atoms. The van der Waals surface area contributed by atoms with Gasteiger partial charge in [0.15, 0.2) is 0 Å². The molecule has 0 fully saturated rings. The number of methoxy groups -OCH3 is 2. The first kappa shape index (κ1) is 24.2. The molecule has 10 nitrogen and oxygen atoms in total. The zero-order valence-electron chi connectivity index (χ0n) is 19.0. The minimum absolute atomic E-state index is 0.0232. The van der Waals surface area contributed by atoms with Gasteiger partial charge < -0.3 is 18.9 Å². The zero-order chi connectivity index (χ0) is 24.8. The van der Waals surface area contributed by atoms with Gasteiger partial charge in [0.25, 0.3) is 0 Å². The maximum absolute atomic E-state index is 12.7. The molecule has 0 unspecified atom stereocenters. The summed E-state index contributed by atoms with van der Waals surface area (Å²) >= 11 is 0. The number of aromatic nitrogens is 2. The van der Waals surface area contributed by atoms with Crippen LogP contribution in [0.4, 0.5) is 0 Å². The summed E-state index contributed by atoms with van der Waals surface area (Å²) in [5.41, 5.74) is 1.80. The molecule has 0 atom stereocenters. The van der Waals surface area contributed by atoms with Crippen molar-refractivity contribution in [2.75, 3.05) is 20.8 Å². The highest BCUT2D eigenvalue weighted by atomic mass is 16.5. The van der Waals surface area contributed by atoms with E-state index in [1.807, 2.05) is 0 Å². The number of rotatable bonds is 7. The lowest BCUT2D eigenvalue weighted by molar-refractivity contribution is 0.0523. The van der Waals surface area contributed by atoms with Gasteiger partial charge in [-0.2, -0.15) is 5.10 Å². The van der Waals surface area contributed by atoms with E-state index in [4.69, 9.17) is 9.47 Å². The van der Waals surface area contributed by atoms with Gasteiger partial charge in [-0.1, -0.05) is 0 Å². The molecule has 3 aromatic rings. The van der Waals surface area contributed by atoms with Crippen LogP contribution in [-0.2, 0) is 14.2 Å². The number of hydrogen-bond donors (Lipinski definition) is 0. The van der Waals surface area contributed by atoms with Crippen LogP contribution in [0.15, 0.2) is 48.7 Å². The van der Waals surface area contributed by atoms with Crippen LogP contribution >= 0.6 is 0 Å². The second kappa shape index (κ2) is 10.4. The number of ether oxygens (including phenoxy) is 4. The fourth-order valence-corrected chi connectivity index (χ4v) is 3.11. The fourth-order valence-electron chi connectivity index (χ4n) is 3.11. The zero-order valence-corrected chi connectivity index (χ0v) is 19.0. The second-order valence-electron chi connectivity index (χ2n) is 6.94. The summed E-state index contributed by atoms with van der Waals surface area (Å²) in [6.45, 7) is 3.70. The quantitative estimate of drug-likeness (QED) is 0.293. The van der Waals surface area contributed by atoms with Crippen LogP contribution in [0, 0.1) is 6.92 Å². The maximum atomic E-state index is 12.7. The van der Waals surface area contributed by atoms with E-state index < -0.39 is 23.9 Å². The van der Waals surface area contributed by atoms with Gasteiger partial charge >= 0.3 is 23.9 Å². The Morgan fingerprint density at radius 3 is 1.94 bits per heavy atom. The molecule has 2 aromatic carbocycles. The van der Waals surface area contributed by atoms with Crippen molar-refractivity contribution in [1.82, 2.24) is 9.78 Å². The van der Waals surface area contributed by atoms with Gasteiger partial charge in [0.1, 0.15) is 11.3 Å². The van der Waals surface area contributed by atoms with Crippen molar-refractivity contribution in [2.45, 2.75) is 13.8 Å². The first-order valence-corrected chi connectivity index (χ1v) is 10.1. The first-order valence-electron chi connectivity index (χ1n) is 10.1. The summed E-state index contributed by atoms with van der Waals surface area (Å²) < 4.78 is 21.3. The molecule has 10 heteroatoms. The third-order valence-electron chi connectivity index (χ3n) is 4.81. The largest absolute Gasteiger partial charge is 0.465 e. The van der Waals surface area contributed by atoms with Crippen LogP contribution < -0.4 is 4.74 Å². The number of nitrogens with zero attached hydrogens (tertiary/aromatic N) is 2. The van der Waals surface area contributed by atoms with E-state index in [0.29, 0.717) is 16.9 Å². The Kier molecular flexibility index (Phi) is 7.42. The molecule has 0 spiro atoms. The molecule has 0 aliphatic heterocycles. The minimum Gasteiger partial charge on any atom is -0.465 e. The van der Waals surface area contributed by atoms with Gasteiger partial charge in [-0.25, -0.2) is 23.9 Å². The molecule has 0 saturated heterocycles. The molecule has 0 radical (unpaired) electrons. The van der Waals surface area contributed by atoms with Crippen molar-refractivity contribution >= 4 is 23.9 Å². The van der Waals surface area contributed by atoms with E-state index in [1.54, 1.807) is 30.7 Å². The molecule has 0 saturated carbocycles. The van der Waals surface area contributed by atoms with Crippen LogP contribution in [0.1, 0.15) is 54.0 Å². The third kappa shape index (κ3) is 5.12. The standard InChI is InChI=1S/C24H22N2O8/c1-5-33-24(30)20-13-25-26(14(20)2)18-8-6-15(7-9-18)23(29)34-19-11-16(21(27)31-3)10-17(12-19)22(28)32-4/h6-13H,5H2,1-4H3. The average Bonchev–Trinajstić information content (AvgIpc) is 3.24. The lowest BCUT2D eigenvalue weighted by atomic mass is 10.1. The van der Waals surface area contributed by atoms with E-state index in [9.17, 15) is 19.2 Å². The van der Waals surface area contributed by atoms with E-state index in [-0.39, 0.29) is 29.0 Å². The topological polar surface area (TPSA) is 123 Å². The van der Waals surface area contributed by atoms with Crippen LogP contribution in [0.2, 0.25) is 0 Å². The average molecular weight is 466 g/mol. The fraction of sp³-hybridized carbons (Fsp3) is 0.208. The predicted molar refractivity (Wildman–Crippen MR) is 118 cm³/mol. The van der Waals surface area contributed by atoms with Crippen molar-refractivity contribution in [1.29, 1.82) is 0 Å². The van der Waals surface area contributed by atoms with Gasteiger partial charge in [0.2, 0.25) is 0 Å². The van der Waals surface area contributed by atoms with Gasteiger partial charge in [0.05, 0.1) is 55.1 Å². The van der Waals surface area contributed by atoms with Crippen LogP contribution in [0.25, 0.3) is 5.69 Å². The van der Waals surface area contributed by atoms with Crippen molar-refractivity contribution in [3.8, 4) is 11.4 Å². The Balaban J connectivity index is 1.83.